The van der Waals surface area contributed by atoms with Gasteiger partial charge in [0.15, 0.2) is 5.79 Å². The van der Waals surface area contributed by atoms with Gasteiger partial charge in [0, 0.05) is 6.54 Å². The summed E-state index contributed by atoms with van der Waals surface area (Å²) in [7, 11) is 1.54. The Morgan fingerprint density at radius 3 is 2.84 bits per heavy atom. The summed E-state index contributed by atoms with van der Waals surface area (Å²) in [5.41, 5.74) is 0.517. The molecule has 1 amide bonds. The maximum absolute atomic E-state index is 12.1. The lowest BCUT2D eigenvalue weighted by molar-refractivity contribution is -0.137. The fourth-order valence-electron chi connectivity index (χ4n) is 2.00. The molecule has 0 saturated carbocycles. The highest BCUT2D eigenvalue weighted by Crippen LogP contribution is 2.22. The molecule has 5 nitrogen and oxygen atoms in total. The normalized spacial score (nSPS) is 21.1. The number of methoxy groups -OCH3 is 1. The molecule has 1 aromatic carbocycles. The van der Waals surface area contributed by atoms with E-state index in [9.17, 15) is 4.79 Å². The Bertz CT molecular complexity index is 459. The number of hydrogen-bond acceptors (Lipinski definition) is 4. The summed E-state index contributed by atoms with van der Waals surface area (Å²) in [5.74, 6) is -0.186. The van der Waals surface area contributed by atoms with E-state index in [1.54, 1.807) is 25.3 Å². The summed E-state index contributed by atoms with van der Waals surface area (Å²) in [6.07, 6.45) is -0.117. The van der Waals surface area contributed by atoms with Crippen LogP contribution in [0.4, 0.5) is 0 Å². The molecule has 104 valence electrons. The van der Waals surface area contributed by atoms with Crippen LogP contribution in [-0.2, 0) is 9.47 Å². The third kappa shape index (κ3) is 3.45. The van der Waals surface area contributed by atoms with Crippen molar-refractivity contribution in [3.05, 3.63) is 29.8 Å². The van der Waals surface area contributed by atoms with Gasteiger partial charge >= 0.3 is 0 Å². The van der Waals surface area contributed by atoms with Gasteiger partial charge in [0.25, 0.3) is 5.91 Å². The second-order valence-electron chi connectivity index (χ2n) is 4.86. The average Bonchev–Trinajstić information content (AvgIpc) is 2.75. The van der Waals surface area contributed by atoms with Gasteiger partial charge in [0.05, 0.1) is 19.3 Å². The van der Waals surface area contributed by atoms with Crippen molar-refractivity contribution in [2.24, 2.45) is 0 Å². The number of rotatable bonds is 4. The molecule has 0 bridgehead atoms. The Hall–Kier alpha value is -1.59. The topological polar surface area (TPSA) is 56.8 Å². The monoisotopic (exact) mass is 265 g/mol. The van der Waals surface area contributed by atoms with Crippen LogP contribution in [0.1, 0.15) is 24.2 Å². The Labute approximate surface area is 112 Å². The summed E-state index contributed by atoms with van der Waals surface area (Å²) >= 11 is 0. The van der Waals surface area contributed by atoms with E-state index in [2.05, 4.69) is 5.32 Å². The first-order chi connectivity index (χ1) is 9.02. The van der Waals surface area contributed by atoms with E-state index >= 15 is 0 Å². The van der Waals surface area contributed by atoms with Crippen molar-refractivity contribution in [3.63, 3.8) is 0 Å². The lowest BCUT2D eigenvalue weighted by atomic mass is 10.2. The molecule has 19 heavy (non-hydrogen) atoms. The van der Waals surface area contributed by atoms with E-state index in [4.69, 9.17) is 14.2 Å². The quantitative estimate of drug-likeness (QED) is 0.898. The largest absolute Gasteiger partial charge is 0.496 e. The summed E-state index contributed by atoms with van der Waals surface area (Å²) in [6, 6.07) is 7.11. The molecule has 1 aliphatic rings. The zero-order valence-corrected chi connectivity index (χ0v) is 11.4. The maximum atomic E-state index is 12.1. The zero-order valence-electron chi connectivity index (χ0n) is 11.4. The number of carbonyl (C=O) groups is 1. The maximum Gasteiger partial charge on any atom is 0.255 e. The number of benzene rings is 1. The van der Waals surface area contributed by atoms with Crippen LogP contribution in [0.3, 0.4) is 0 Å². The highest BCUT2D eigenvalue weighted by molar-refractivity contribution is 5.96. The summed E-state index contributed by atoms with van der Waals surface area (Å²) in [4.78, 5) is 12.1. The fraction of sp³-hybridized carbons (Fsp3) is 0.500. The van der Waals surface area contributed by atoms with Crippen molar-refractivity contribution in [3.8, 4) is 5.75 Å². The van der Waals surface area contributed by atoms with Gasteiger partial charge < -0.3 is 19.5 Å². The Morgan fingerprint density at radius 1 is 1.47 bits per heavy atom. The van der Waals surface area contributed by atoms with Crippen molar-refractivity contribution >= 4 is 5.91 Å². The summed E-state index contributed by atoms with van der Waals surface area (Å²) < 4.78 is 16.2. The van der Waals surface area contributed by atoms with Gasteiger partial charge in [0.2, 0.25) is 0 Å². The molecule has 5 heteroatoms. The van der Waals surface area contributed by atoms with Gasteiger partial charge in [-0.2, -0.15) is 0 Å². The molecule has 1 aliphatic heterocycles. The minimum Gasteiger partial charge on any atom is -0.496 e. The molecule has 0 radical (unpaired) electrons. The van der Waals surface area contributed by atoms with Crippen molar-refractivity contribution in [1.82, 2.24) is 5.32 Å². The number of ether oxygens (including phenoxy) is 3. The highest BCUT2D eigenvalue weighted by atomic mass is 16.7. The molecule has 2 rings (SSSR count). The van der Waals surface area contributed by atoms with E-state index in [1.165, 1.54) is 0 Å². The van der Waals surface area contributed by atoms with Crippen molar-refractivity contribution < 1.29 is 19.0 Å². The average molecular weight is 265 g/mol. The number of carbonyl (C=O) groups excluding carboxylic acids is 1. The summed E-state index contributed by atoms with van der Waals surface area (Å²) in [6.45, 7) is 4.61. The molecule has 1 heterocycles. The molecule has 1 unspecified atom stereocenters. The molecule has 0 spiro atoms. The van der Waals surface area contributed by atoms with Crippen LogP contribution in [0.15, 0.2) is 24.3 Å². The molecule has 1 atom stereocenters. The molecular formula is C14H19NO4. The highest BCUT2D eigenvalue weighted by Gasteiger charge is 2.32. The second-order valence-corrected chi connectivity index (χ2v) is 4.86. The standard InChI is InChI=1S/C14H19NO4/c1-14(2)18-9-10(19-14)8-15-13(16)11-6-4-5-7-12(11)17-3/h4-7,10H,8-9H2,1-3H3,(H,15,16). The van der Waals surface area contributed by atoms with Crippen LogP contribution < -0.4 is 10.1 Å². The fourth-order valence-corrected chi connectivity index (χ4v) is 2.00. The Morgan fingerprint density at radius 2 is 2.21 bits per heavy atom. The molecule has 0 aliphatic carbocycles. The van der Waals surface area contributed by atoms with Crippen LogP contribution in [0.2, 0.25) is 0 Å². The van der Waals surface area contributed by atoms with E-state index < -0.39 is 5.79 Å². The predicted molar refractivity (Wildman–Crippen MR) is 70.2 cm³/mol. The van der Waals surface area contributed by atoms with Gasteiger partial charge in [-0.3, -0.25) is 4.79 Å². The lowest BCUT2D eigenvalue weighted by Gasteiger charge is -2.17. The summed E-state index contributed by atoms with van der Waals surface area (Å²) in [5, 5.41) is 2.83. The van der Waals surface area contributed by atoms with Crippen molar-refractivity contribution in [2.75, 3.05) is 20.3 Å². The van der Waals surface area contributed by atoms with Crippen LogP contribution in [0, 0.1) is 0 Å². The van der Waals surface area contributed by atoms with E-state index in [-0.39, 0.29) is 12.0 Å². The van der Waals surface area contributed by atoms with E-state index in [0.717, 1.165) is 0 Å². The second kappa shape index (κ2) is 5.59. The van der Waals surface area contributed by atoms with E-state index in [0.29, 0.717) is 24.5 Å². The van der Waals surface area contributed by atoms with Gasteiger partial charge in [-0.25, -0.2) is 0 Å². The zero-order chi connectivity index (χ0) is 13.9. The molecule has 1 fully saturated rings. The van der Waals surface area contributed by atoms with Crippen LogP contribution in [0.5, 0.6) is 5.75 Å². The third-order valence-electron chi connectivity index (χ3n) is 2.91. The molecular weight excluding hydrogens is 246 g/mol. The van der Waals surface area contributed by atoms with Crippen LogP contribution >= 0.6 is 0 Å². The minimum absolute atomic E-state index is 0.117. The first-order valence-electron chi connectivity index (χ1n) is 6.25. The third-order valence-corrected chi connectivity index (χ3v) is 2.91. The van der Waals surface area contributed by atoms with Gasteiger partial charge in [-0.15, -0.1) is 0 Å². The smallest absolute Gasteiger partial charge is 0.255 e. The molecule has 1 saturated heterocycles. The predicted octanol–water partition coefficient (Wildman–Crippen LogP) is 1.58. The van der Waals surface area contributed by atoms with Crippen molar-refractivity contribution in [2.45, 2.75) is 25.7 Å². The van der Waals surface area contributed by atoms with E-state index in [1.807, 2.05) is 19.9 Å². The Balaban J connectivity index is 1.91. The van der Waals surface area contributed by atoms with Gasteiger partial charge in [-0.05, 0) is 26.0 Å². The SMILES string of the molecule is COc1ccccc1C(=O)NCC1COC(C)(C)O1. The Kier molecular flexibility index (Phi) is 4.07. The molecule has 1 aromatic rings. The number of amides is 1. The lowest BCUT2D eigenvalue weighted by Crippen LogP contribution is -2.34. The number of para-hydroxylation sites is 1. The molecule has 1 N–H and O–H groups in total. The first-order valence-corrected chi connectivity index (χ1v) is 6.25. The van der Waals surface area contributed by atoms with Crippen molar-refractivity contribution in [1.29, 1.82) is 0 Å². The van der Waals surface area contributed by atoms with Gasteiger partial charge in [0.1, 0.15) is 11.9 Å². The molecule has 0 aromatic heterocycles. The minimum atomic E-state index is -0.570. The van der Waals surface area contributed by atoms with Crippen LogP contribution in [-0.4, -0.2) is 38.1 Å². The number of nitrogens with one attached hydrogen (secondary N) is 1. The number of hydrogen-bond donors (Lipinski definition) is 1. The van der Waals surface area contributed by atoms with Gasteiger partial charge in [-0.1, -0.05) is 12.1 Å². The first kappa shape index (κ1) is 13.8. The van der Waals surface area contributed by atoms with Crippen LogP contribution in [0.25, 0.3) is 0 Å².